The molecule has 5 aromatic rings. The Kier molecular flexibility index (Phi) is 15.2. The molecule has 0 aliphatic carbocycles. The number of oxime groups is 1. The third-order valence-corrected chi connectivity index (χ3v) is 14.0. The molecule has 0 spiro atoms. The summed E-state index contributed by atoms with van der Waals surface area (Å²) in [5.74, 6) is -2.22. The molecule has 2 amide bonds. The van der Waals surface area contributed by atoms with Crippen LogP contribution in [0.15, 0.2) is 192 Å². The van der Waals surface area contributed by atoms with Crippen molar-refractivity contribution in [2.45, 2.75) is 74.4 Å². The standard InChI is InChI=1S/C56H58N6O7S2/c1-54(2,3)68-52(66)55(4,5)69-59-45(48(63)57-46-49(64)62-43(33-36-70-50(46)62)51(65)67-47(38-23-13-8-14-24-38)39-25-15-9-16-26-39)44-37-71-53(61(44)35-34-60(6)7)58-56(40-27-17-10-18-28-40,41-29-19-11-20-30-41)42-31-21-12-22-32-42/h8-35,37,46-47,50,53,58H,36H2,1-7H3,(H,57,63). The summed E-state index contributed by atoms with van der Waals surface area (Å²) in [7, 11) is 3.78. The number of carbonyl (C=O) groups is 4. The lowest BCUT2D eigenvalue weighted by atomic mass is 9.77. The molecule has 1 saturated heterocycles. The summed E-state index contributed by atoms with van der Waals surface area (Å²) in [4.78, 5) is 68.1. The van der Waals surface area contributed by atoms with Gasteiger partial charge in [-0.1, -0.05) is 169 Å². The van der Waals surface area contributed by atoms with Crippen molar-refractivity contribution in [2.24, 2.45) is 5.16 Å². The van der Waals surface area contributed by atoms with Crippen LogP contribution in [-0.4, -0.2) is 92.1 Å². The fourth-order valence-corrected chi connectivity index (χ4v) is 10.6. The van der Waals surface area contributed by atoms with Crippen molar-refractivity contribution in [3.05, 3.63) is 215 Å². The number of carbonyl (C=O) groups excluding carboxylic acids is 4. The van der Waals surface area contributed by atoms with Gasteiger partial charge in [-0.15, -0.1) is 11.8 Å². The van der Waals surface area contributed by atoms with E-state index in [0.717, 1.165) is 27.8 Å². The molecule has 366 valence electrons. The average Bonchev–Trinajstić information content (AvgIpc) is 3.77. The number of fused-ring (bicyclic) bond motifs is 1. The van der Waals surface area contributed by atoms with E-state index < -0.39 is 63.5 Å². The first-order chi connectivity index (χ1) is 34.1. The summed E-state index contributed by atoms with van der Waals surface area (Å²) in [6.45, 7) is 8.27. The number of hydrogen-bond acceptors (Lipinski definition) is 13. The number of thioether (sulfide) groups is 2. The molecule has 8 rings (SSSR count). The highest BCUT2D eigenvalue weighted by Crippen LogP contribution is 2.43. The van der Waals surface area contributed by atoms with Gasteiger partial charge in [-0.05, 0) is 68.5 Å². The first-order valence-corrected chi connectivity index (χ1v) is 25.3. The van der Waals surface area contributed by atoms with Crippen LogP contribution in [0.1, 0.15) is 68.5 Å². The predicted molar refractivity (Wildman–Crippen MR) is 279 cm³/mol. The van der Waals surface area contributed by atoms with Gasteiger partial charge >= 0.3 is 11.9 Å². The molecule has 5 aromatic carbocycles. The Morgan fingerprint density at radius 2 is 1.25 bits per heavy atom. The van der Waals surface area contributed by atoms with Crippen molar-refractivity contribution in [1.82, 2.24) is 25.3 Å². The zero-order chi connectivity index (χ0) is 50.3. The smallest absolute Gasteiger partial charge is 0.355 e. The van der Waals surface area contributed by atoms with Crippen LogP contribution in [-0.2, 0) is 39.0 Å². The minimum Gasteiger partial charge on any atom is -0.457 e. The topological polar surface area (TPSA) is 142 Å². The molecule has 3 unspecified atom stereocenters. The van der Waals surface area contributed by atoms with Gasteiger partial charge in [-0.2, -0.15) is 0 Å². The van der Waals surface area contributed by atoms with Crippen molar-refractivity contribution >= 4 is 53.0 Å². The zero-order valence-corrected chi connectivity index (χ0v) is 42.4. The number of β-lactam (4-membered cyclic amide) rings is 1. The van der Waals surface area contributed by atoms with E-state index in [4.69, 9.17) is 14.3 Å². The number of ether oxygens (including phenoxy) is 2. The summed E-state index contributed by atoms with van der Waals surface area (Å²) in [6, 6.07) is 48.3. The van der Waals surface area contributed by atoms with E-state index in [1.807, 2.05) is 157 Å². The zero-order valence-electron chi connectivity index (χ0n) is 40.7. The van der Waals surface area contributed by atoms with Gasteiger partial charge in [0.25, 0.3) is 11.8 Å². The third-order valence-electron chi connectivity index (χ3n) is 11.8. The van der Waals surface area contributed by atoms with Crippen molar-refractivity contribution in [3.63, 3.8) is 0 Å². The van der Waals surface area contributed by atoms with Crippen LogP contribution in [0.4, 0.5) is 0 Å². The van der Waals surface area contributed by atoms with Crippen LogP contribution < -0.4 is 10.6 Å². The highest BCUT2D eigenvalue weighted by molar-refractivity contribution is 8.03. The number of amides is 2. The Bertz CT molecular complexity index is 2680. The van der Waals surface area contributed by atoms with Gasteiger partial charge in [-0.3, -0.25) is 19.8 Å². The lowest BCUT2D eigenvalue weighted by Crippen LogP contribution is -2.70. The summed E-state index contributed by atoms with van der Waals surface area (Å²) in [5.41, 5.74) is 0.710. The molecule has 3 aliphatic rings. The Hall–Kier alpha value is -7.07. The van der Waals surface area contributed by atoms with Gasteiger partial charge in [0.2, 0.25) is 5.60 Å². The number of benzene rings is 5. The van der Waals surface area contributed by atoms with Crippen LogP contribution in [0.5, 0.6) is 0 Å². The third kappa shape index (κ3) is 11.1. The number of hydrogen-bond donors (Lipinski definition) is 2. The second kappa shape index (κ2) is 21.5. The normalized spacial score (nSPS) is 18.3. The average molecular weight is 991 g/mol. The molecule has 3 atom stereocenters. The monoisotopic (exact) mass is 990 g/mol. The first kappa shape index (κ1) is 50.3. The fourth-order valence-electron chi connectivity index (χ4n) is 8.32. The number of nitrogens with zero attached hydrogens (tertiary/aromatic N) is 4. The van der Waals surface area contributed by atoms with Gasteiger partial charge in [-0.25, -0.2) is 9.59 Å². The number of rotatable bonds is 17. The largest absolute Gasteiger partial charge is 0.457 e. The van der Waals surface area contributed by atoms with Crippen molar-refractivity contribution in [1.29, 1.82) is 0 Å². The maximum Gasteiger partial charge on any atom is 0.355 e. The molecule has 3 aliphatic heterocycles. The molecule has 1 fully saturated rings. The van der Waals surface area contributed by atoms with Crippen LogP contribution in [0, 0.1) is 0 Å². The number of esters is 2. The van der Waals surface area contributed by atoms with Crippen LogP contribution in [0.2, 0.25) is 0 Å². The van der Waals surface area contributed by atoms with E-state index in [2.05, 4.69) is 52.2 Å². The molecule has 15 heteroatoms. The summed E-state index contributed by atoms with van der Waals surface area (Å²) >= 11 is 2.81. The van der Waals surface area contributed by atoms with E-state index in [-0.39, 0.29) is 11.4 Å². The molecule has 0 bridgehead atoms. The summed E-state index contributed by atoms with van der Waals surface area (Å²) in [6.07, 6.45) is 4.64. The van der Waals surface area contributed by atoms with Crippen LogP contribution in [0.25, 0.3) is 0 Å². The second-order valence-corrected chi connectivity index (χ2v) is 20.9. The number of nitrogens with one attached hydrogen (secondary N) is 2. The predicted octanol–water partition coefficient (Wildman–Crippen LogP) is 8.88. The highest BCUT2D eigenvalue weighted by atomic mass is 32.2. The minimum atomic E-state index is -1.64. The summed E-state index contributed by atoms with van der Waals surface area (Å²) in [5, 5.41) is 12.6. The molecule has 13 nitrogen and oxygen atoms in total. The van der Waals surface area contributed by atoms with Gasteiger partial charge in [0.05, 0.1) is 11.2 Å². The Morgan fingerprint density at radius 1 is 0.746 bits per heavy atom. The molecule has 2 N–H and O–H groups in total. The quantitative estimate of drug-likeness (QED) is 0.0302. The molecule has 0 aromatic heterocycles. The van der Waals surface area contributed by atoms with E-state index in [9.17, 15) is 14.4 Å². The molecule has 0 saturated carbocycles. The lowest BCUT2D eigenvalue weighted by molar-refractivity contribution is -0.179. The maximum atomic E-state index is 15.0. The lowest BCUT2D eigenvalue weighted by Gasteiger charge is -2.48. The molecule has 0 radical (unpaired) electrons. The first-order valence-electron chi connectivity index (χ1n) is 23.3. The van der Waals surface area contributed by atoms with Crippen LogP contribution in [0.3, 0.4) is 0 Å². The van der Waals surface area contributed by atoms with Gasteiger partial charge < -0.3 is 29.4 Å². The molecular formula is C56H58N6O7S2. The van der Waals surface area contributed by atoms with Gasteiger partial charge in [0.15, 0.2) is 11.8 Å². The fraction of sp³-hybridized carbons (Fsp3) is 0.268. The molecule has 3 heterocycles. The van der Waals surface area contributed by atoms with E-state index in [1.165, 1.54) is 42.3 Å². The minimum absolute atomic E-state index is 0.0972. The maximum absolute atomic E-state index is 15.0. The Labute approximate surface area is 424 Å². The van der Waals surface area contributed by atoms with Gasteiger partial charge in [0, 0.05) is 37.7 Å². The van der Waals surface area contributed by atoms with Crippen molar-refractivity contribution < 1.29 is 33.5 Å². The van der Waals surface area contributed by atoms with Crippen LogP contribution >= 0.6 is 23.5 Å². The van der Waals surface area contributed by atoms with E-state index >= 15 is 4.79 Å². The van der Waals surface area contributed by atoms with Crippen molar-refractivity contribution in [3.8, 4) is 0 Å². The van der Waals surface area contributed by atoms with E-state index in [1.54, 1.807) is 26.8 Å². The second-order valence-electron chi connectivity index (χ2n) is 18.8. The molecule has 71 heavy (non-hydrogen) atoms. The van der Waals surface area contributed by atoms with E-state index in [0.29, 0.717) is 11.4 Å². The van der Waals surface area contributed by atoms with Gasteiger partial charge in [0.1, 0.15) is 28.2 Å². The Balaban J connectivity index is 1.12. The molecular weight excluding hydrogens is 933 g/mol. The summed E-state index contributed by atoms with van der Waals surface area (Å²) < 4.78 is 11.9. The SMILES string of the molecule is CN(C)C=CN1C(C(=NOC(C)(C)C(=O)OC(C)(C)C)C(=O)NC2C(=O)N3C(C(=O)OC(c4ccccc4)c4ccccc4)=CCSC23)=CSC1NC(c1ccccc1)(c1ccccc1)c1ccccc1. The Morgan fingerprint density at radius 3 is 1.75 bits per heavy atom. The highest BCUT2D eigenvalue weighted by Gasteiger charge is 2.54. The van der Waals surface area contributed by atoms with Crippen molar-refractivity contribution in [2.75, 3.05) is 19.8 Å².